The Morgan fingerprint density at radius 2 is 1.95 bits per heavy atom. The standard InChI is InChI=1S/C17H29N3O2/c1-19(2)10-6-13-7-11-20(12-13)16(22)17(8-3-9-17)15(21)18-14-4-5-14/h13-14H,3-12H2,1-2H3,(H,18,21). The minimum atomic E-state index is -0.723. The van der Waals surface area contributed by atoms with Gasteiger partial charge < -0.3 is 15.1 Å². The van der Waals surface area contributed by atoms with Gasteiger partial charge in [-0.3, -0.25) is 9.59 Å². The van der Waals surface area contributed by atoms with E-state index in [-0.39, 0.29) is 11.8 Å². The fourth-order valence-electron chi connectivity index (χ4n) is 3.62. The molecular formula is C17H29N3O2. The van der Waals surface area contributed by atoms with Crippen molar-refractivity contribution in [2.45, 2.75) is 51.0 Å². The second-order valence-corrected chi connectivity index (χ2v) is 7.68. The first kappa shape index (κ1) is 15.8. The van der Waals surface area contributed by atoms with Crippen molar-refractivity contribution in [1.82, 2.24) is 15.1 Å². The van der Waals surface area contributed by atoms with Crippen molar-refractivity contribution in [2.24, 2.45) is 11.3 Å². The van der Waals surface area contributed by atoms with Gasteiger partial charge in [0, 0.05) is 19.1 Å². The van der Waals surface area contributed by atoms with Crippen molar-refractivity contribution in [3.05, 3.63) is 0 Å². The van der Waals surface area contributed by atoms with Crippen LogP contribution < -0.4 is 5.32 Å². The van der Waals surface area contributed by atoms with Crippen LogP contribution >= 0.6 is 0 Å². The summed E-state index contributed by atoms with van der Waals surface area (Å²) in [5.74, 6) is 0.696. The molecular weight excluding hydrogens is 278 g/mol. The van der Waals surface area contributed by atoms with Gasteiger partial charge in [0.2, 0.25) is 11.8 Å². The smallest absolute Gasteiger partial charge is 0.238 e. The maximum absolute atomic E-state index is 12.9. The van der Waals surface area contributed by atoms with E-state index in [9.17, 15) is 9.59 Å². The maximum Gasteiger partial charge on any atom is 0.238 e. The molecule has 2 saturated carbocycles. The largest absolute Gasteiger partial charge is 0.352 e. The van der Waals surface area contributed by atoms with Crippen LogP contribution in [0.25, 0.3) is 0 Å². The number of rotatable bonds is 6. The highest BCUT2D eigenvalue weighted by atomic mass is 16.2. The van der Waals surface area contributed by atoms with Crippen LogP contribution in [0.1, 0.15) is 44.9 Å². The molecule has 1 atom stereocenters. The van der Waals surface area contributed by atoms with E-state index in [2.05, 4.69) is 24.3 Å². The van der Waals surface area contributed by atoms with Crippen LogP contribution in [0, 0.1) is 11.3 Å². The third-order valence-electron chi connectivity index (χ3n) is 5.52. The Bertz CT molecular complexity index is 441. The van der Waals surface area contributed by atoms with Gasteiger partial charge in [-0.05, 0) is 65.1 Å². The molecule has 0 aromatic heterocycles. The molecule has 1 N–H and O–H groups in total. The number of nitrogens with zero attached hydrogens (tertiary/aromatic N) is 2. The first-order valence-electron chi connectivity index (χ1n) is 8.76. The summed E-state index contributed by atoms with van der Waals surface area (Å²) in [5.41, 5.74) is -0.723. The van der Waals surface area contributed by atoms with Gasteiger partial charge >= 0.3 is 0 Å². The molecule has 0 aromatic rings. The average Bonchev–Trinajstić information content (AvgIpc) is 3.10. The first-order valence-corrected chi connectivity index (χ1v) is 8.76. The summed E-state index contributed by atoms with van der Waals surface area (Å²) < 4.78 is 0. The van der Waals surface area contributed by atoms with Crippen LogP contribution in [0.2, 0.25) is 0 Å². The van der Waals surface area contributed by atoms with Gasteiger partial charge in [0.05, 0.1) is 0 Å². The Morgan fingerprint density at radius 3 is 2.50 bits per heavy atom. The number of nitrogens with one attached hydrogen (secondary N) is 1. The third kappa shape index (κ3) is 3.14. The lowest BCUT2D eigenvalue weighted by atomic mass is 9.67. The van der Waals surface area contributed by atoms with E-state index in [4.69, 9.17) is 0 Å². The molecule has 5 heteroatoms. The molecule has 1 heterocycles. The lowest BCUT2D eigenvalue weighted by Gasteiger charge is -2.41. The zero-order valence-corrected chi connectivity index (χ0v) is 13.9. The van der Waals surface area contributed by atoms with Gasteiger partial charge in [-0.25, -0.2) is 0 Å². The van der Waals surface area contributed by atoms with Crippen molar-refractivity contribution < 1.29 is 9.59 Å². The Morgan fingerprint density at radius 1 is 1.23 bits per heavy atom. The van der Waals surface area contributed by atoms with E-state index in [1.165, 1.54) is 0 Å². The second-order valence-electron chi connectivity index (χ2n) is 7.68. The predicted octanol–water partition coefficient (Wildman–Crippen LogP) is 1.24. The van der Waals surface area contributed by atoms with Crippen LogP contribution in [-0.2, 0) is 9.59 Å². The van der Waals surface area contributed by atoms with Crippen LogP contribution in [0.15, 0.2) is 0 Å². The summed E-state index contributed by atoms with van der Waals surface area (Å²) in [5, 5.41) is 3.06. The Hall–Kier alpha value is -1.10. The van der Waals surface area contributed by atoms with Crippen LogP contribution in [0.4, 0.5) is 0 Å². The molecule has 0 spiro atoms. The number of hydrogen-bond donors (Lipinski definition) is 1. The molecule has 0 bridgehead atoms. The highest BCUT2D eigenvalue weighted by Crippen LogP contribution is 2.44. The van der Waals surface area contributed by atoms with Crippen molar-refractivity contribution in [2.75, 3.05) is 33.7 Å². The normalized spacial score (nSPS) is 26.9. The highest BCUT2D eigenvalue weighted by Gasteiger charge is 2.53. The Balaban J connectivity index is 1.56. The molecule has 1 unspecified atom stereocenters. The molecule has 5 nitrogen and oxygen atoms in total. The maximum atomic E-state index is 12.9. The number of carbonyl (C=O) groups is 2. The Labute approximate surface area is 133 Å². The first-order chi connectivity index (χ1) is 10.5. The topological polar surface area (TPSA) is 52.7 Å². The quantitative estimate of drug-likeness (QED) is 0.751. The summed E-state index contributed by atoms with van der Waals surface area (Å²) in [7, 11) is 4.17. The Kier molecular flexibility index (Phi) is 4.44. The van der Waals surface area contributed by atoms with E-state index in [0.717, 1.165) is 64.6 Å². The van der Waals surface area contributed by atoms with E-state index in [0.29, 0.717) is 12.0 Å². The number of hydrogen-bond acceptors (Lipinski definition) is 3. The van der Waals surface area contributed by atoms with Crippen molar-refractivity contribution >= 4 is 11.8 Å². The van der Waals surface area contributed by atoms with E-state index in [1.807, 2.05) is 4.90 Å². The minimum Gasteiger partial charge on any atom is -0.352 e. The number of carbonyl (C=O) groups excluding carboxylic acids is 2. The van der Waals surface area contributed by atoms with Crippen molar-refractivity contribution in [1.29, 1.82) is 0 Å². The molecule has 22 heavy (non-hydrogen) atoms. The molecule has 2 amide bonds. The molecule has 3 aliphatic rings. The summed E-state index contributed by atoms with van der Waals surface area (Å²) >= 11 is 0. The molecule has 2 aliphatic carbocycles. The van der Waals surface area contributed by atoms with E-state index in [1.54, 1.807) is 0 Å². The summed E-state index contributed by atoms with van der Waals surface area (Å²) in [6, 6.07) is 0.337. The second kappa shape index (κ2) is 6.19. The van der Waals surface area contributed by atoms with E-state index < -0.39 is 5.41 Å². The van der Waals surface area contributed by atoms with Gasteiger partial charge in [-0.2, -0.15) is 0 Å². The molecule has 1 saturated heterocycles. The minimum absolute atomic E-state index is 0.00277. The summed E-state index contributed by atoms with van der Waals surface area (Å²) in [4.78, 5) is 29.6. The van der Waals surface area contributed by atoms with Gasteiger partial charge in [-0.15, -0.1) is 0 Å². The number of amides is 2. The molecule has 0 radical (unpaired) electrons. The van der Waals surface area contributed by atoms with Crippen LogP contribution in [0.3, 0.4) is 0 Å². The number of likely N-dealkylation sites (tertiary alicyclic amines) is 1. The van der Waals surface area contributed by atoms with Crippen molar-refractivity contribution in [3.8, 4) is 0 Å². The highest BCUT2D eigenvalue weighted by molar-refractivity contribution is 6.06. The SMILES string of the molecule is CN(C)CCC1CCN(C(=O)C2(C(=O)NC3CC3)CCC2)C1. The van der Waals surface area contributed by atoms with Gasteiger partial charge in [-0.1, -0.05) is 6.42 Å². The average molecular weight is 307 g/mol. The third-order valence-corrected chi connectivity index (χ3v) is 5.52. The monoisotopic (exact) mass is 307 g/mol. The molecule has 3 fully saturated rings. The molecule has 3 rings (SSSR count). The van der Waals surface area contributed by atoms with Crippen LogP contribution in [-0.4, -0.2) is 61.4 Å². The van der Waals surface area contributed by atoms with Gasteiger partial charge in [0.1, 0.15) is 5.41 Å². The van der Waals surface area contributed by atoms with Crippen LogP contribution in [0.5, 0.6) is 0 Å². The van der Waals surface area contributed by atoms with Gasteiger partial charge in [0.15, 0.2) is 0 Å². The summed E-state index contributed by atoms with van der Waals surface area (Å²) in [6.07, 6.45) is 6.85. The van der Waals surface area contributed by atoms with Crippen molar-refractivity contribution in [3.63, 3.8) is 0 Å². The molecule has 0 aromatic carbocycles. The lowest BCUT2D eigenvalue weighted by Crippen LogP contribution is -2.56. The summed E-state index contributed by atoms with van der Waals surface area (Å²) in [6.45, 7) is 2.74. The molecule has 1 aliphatic heterocycles. The lowest BCUT2D eigenvalue weighted by molar-refractivity contribution is -0.156. The fourth-order valence-corrected chi connectivity index (χ4v) is 3.62. The predicted molar refractivity (Wildman–Crippen MR) is 85.3 cm³/mol. The van der Waals surface area contributed by atoms with Gasteiger partial charge in [0.25, 0.3) is 0 Å². The fraction of sp³-hybridized carbons (Fsp3) is 0.882. The zero-order chi connectivity index (χ0) is 15.7. The van der Waals surface area contributed by atoms with E-state index >= 15 is 0 Å². The molecule has 124 valence electrons. The zero-order valence-electron chi connectivity index (χ0n) is 13.9.